The van der Waals surface area contributed by atoms with Gasteiger partial charge in [-0.25, -0.2) is 4.79 Å². The summed E-state index contributed by atoms with van der Waals surface area (Å²) < 4.78 is 0. The Hall–Kier alpha value is -1.79. The minimum atomic E-state index is -0.902. The van der Waals surface area contributed by atoms with E-state index in [1.807, 2.05) is 13.8 Å². The van der Waals surface area contributed by atoms with Gasteiger partial charge in [0.1, 0.15) is 6.04 Å². The smallest absolute Gasteiger partial charge is 0.315 e. The van der Waals surface area contributed by atoms with E-state index in [-0.39, 0.29) is 24.8 Å². The first-order chi connectivity index (χ1) is 9.22. The van der Waals surface area contributed by atoms with Crippen LogP contribution in [0.15, 0.2) is 0 Å². The lowest BCUT2D eigenvalue weighted by Gasteiger charge is -2.16. The third-order valence-corrected chi connectivity index (χ3v) is 2.56. The second-order valence-electron chi connectivity index (χ2n) is 5.42. The third-order valence-electron chi connectivity index (χ3n) is 2.56. The van der Waals surface area contributed by atoms with E-state index in [0.717, 1.165) is 0 Å². The number of carboxylic acid groups (broad SMARTS) is 1. The van der Waals surface area contributed by atoms with Crippen molar-refractivity contribution >= 4 is 17.9 Å². The number of carboxylic acids is 1. The predicted octanol–water partition coefficient (Wildman–Crippen LogP) is 0.557. The number of carbonyl (C=O) groups excluding carboxylic acids is 2. The van der Waals surface area contributed by atoms with E-state index < -0.39 is 18.0 Å². The Balaban J connectivity index is 3.95. The van der Waals surface area contributed by atoms with E-state index >= 15 is 0 Å². The predicted molar refractivity (Wildman–Crippen MR) is 75.3 cm³/mol. The van der Waals surface area contributed by atoms with Gasteiger partial charge in [0.2, 0.25) is 5.91 Å². The maximum Gasteiger partial charge on any atom is 0.315 e. The van der Waals surface area contributed by atoms with Crippen molar-refractivity contribution in [1.29, 1.82) is 0 Å². The van der Waals surface area contributed by atoms with E-state index in [4.69, 9.17) is 5.11 Å². The third kappa shape index (κ3) is 9.18. The second-order valence-corrected chi connectivity index (χ2v) is 5.42. The van der Waals surface area contributed by atoms with Crippen molar-refractivity contribution in [2.45, 2.75) is 40.2 Å². The molecule has 0 aromatic carbocycles. The van der Waals surface area contributed by atoms with Gasteiger partial charge in [-0.2, -0.15) is 0 Å². The molecule has 0 saturated carbocycles. The van der Waals surface area contributed by atoms with Crippen molar-refractivity contribution in [2.75, 3.05) is 13.1 Å². The van der Waals surface area contributed by atoms with Gasteiger partial charge in [0.05, 0.1) is 0 Å². The number of urea groups is 1. The Kier molecular flexibility index (Phi) is 8.35. The van der Waals surface area contributed by atoms with Crippen LogP contribution < -0.4 is 16.0 Å². The van der Waals surface area contributed by atoms with Gasteiger partial charge in [0, 0.05) is 19.5 Å². The Bertz CT molecular complexity index is 345. The number of rotatable bonds is 8. The molecule has 0 aliphatic carbocycles. The van der Waals surface area contributed by atoms with Crippen molar-refractivity contribution in [3.8, 4) is 0 Å². The molecule has 0 aromatic rings. The van der Waals surface area contributed by atoms with Crippen LogP contribution in [0.25, 0.3) is 0 Å². The van der Waals surface area contributed by atoms with Crippen LogP contribution in [0.3, 0.4) is 0 Å². The number of hydrogen-bond donors (Lipinski definition) is 4. The van der Waals surface area contributed by atoms with E-state index in [0.29, 0.717) is 12.5 Å². The normalized spacial score (nSPS) is 13.4. The zero-order valence-corrected chi connectivity index (χ0v) is 12.5. The van der Waals surface area contributed by atoms with E-state index in [1.54, 1.807) is 13.8 Å². The van der Waals surface area contributed by atoms with Gasteiger partial charge in [-0.1, -0.05) is 20.8 Å². The molecule has 20 heavy (non-hydrogen) atoms. The summed E-state index contributed by atoms with van der Waals surface area (Å²) in [7, 11) is 0. The lowest BCUT2D eigenvalue weighted by molar-refractivity contribution is -0.137. The molecular formula is C13H25N3O4. The van der Waals surface area contributed by atoms with Crippen LogP contribution in [0.4, 0.5) is 4.79 Å². The standard InChI is InChI=1S/C13H25N3O4/c1-8(2)6-14-12(19)10(4)16-13(20)15-7-9(3)5-11(17)18/h8-10H,5-7H2,1-4H3,(H,14,19)(H,17,18)(H2,15,16,20). The maximum atomic E-state index is 11.6. The van der Waals surface area contributed by atoms with Crippen LogP contribution >= 0.6 is 0 Å². The number of hydrogen-bond acceptors (Lipinski definition) is 3. The summed E-state index contributed by atoms with van der Waals surface area (Å²) in [4.78, 5) is 33.6. The molecule has 0 heterocycles. The molecule has 4 N–H and O–H groups in total. The molecule has 0 aromatic heterocycles. The molecule has 0 fully saturated rings. The highest BCUT2D eigenvalue weighted by Crippen LogP contribution is 1.99. The molecular weight excluding hydrogens is 262 g/mol. The van der Waals surface area contributed by atoms with Gasteiger partial charge < -0.3 is 21.1 Å². The first-order valence-electron chi connectivity index (χ1n) is 6.76. The number of aliphatic carboxylic acids is 1. The van der Waals surface area contributed by atoms with Gasteiger partial charge in [0.15, 0.2) is 0 Å². The molecule has 0 radical (unpaired) electrons. The number of amides is 3. The molecule has 7 nitrogen and oxygen atoms in total. The number of carbonyl (C=O) groups is 3. The molecule has 0 bridgehead atoms. The zero-order chi connectivity index (χ0) is 15.7. The van der Waals surface area contributed by atoms with E-state index in [9.17, 15) is 14.4 Å². The molecule has 0 aliphatic heterocycles. The Labute approximate surface area is 119 Å². The van der Waals surface area contributed by atoms with E-state index in [1.165, 1.54) is 0 Å². The van der Waals surface area contributed by atoms with Crippen molar-refractivity contribution in [1.82, 2.24) is 16.0 Å². The molecule has 0 aliphatic rings. The summed E-state index contributed by atoms with van der Waals surface area (Å²) >= 11 is 0. The van der Waals surface area contributed by atoms with Gasteiger partial charge >= 0.3 is 12.0 Å². The maximum absolute atomic E-state index is 11.6. The molecule has 0 spiro atoms. The van der Waals surface area contributed by atoms with Crippen LogP contribution in [0.1, 0.15) is 34.1 Å². The second kappa shape index (κ2) is 9.17. The van der Waals surface area contributed by atoms with Crippen LogP contribution in [-0.2, 0) is 9.59 Å². The summed E-state index contributed by atoms with van der Waals surface area (Å²) in [6.07, 6.45) is -0.00922. The van der Waals surface area contributed by atoms with Crippen molar-refractivity contribution < 1.29 is 19.5 Å². The summed E-state index contributed by atoms with van der Waals surface area (Å²) in [6, 6.07) is -1.11. The summed E-state index contributed by atoms with van der Waals surface area (Å²) in [5.74, 6) is -0.964. The quantitative estimate of drug-likeness (QED) is 0.523. The Morgan fingerprint density at radius 2 is 1.60 bits per heavy atom. The Morgan fingerprint density at radius 1 is 1.00 bits per heavy atom. The van der Waals surface area contributed by atoms with Crippen LogP contribution in [0.2, 0.25) is 0 Å². The highest BCUT2D eigenvalue weighted by Gasteiger charge is 2.16. The molecule has 7 heteroatoms. The minimum absolute atomic E-state index is 0.00922. The fourth-order valence-corrected chi connectivity index (χ4v) is 1.41. The highest BCUT2D eigenvalue weighted by molar-refractivity contribution is 5.86. The summed E-state index contributed by atoms with van der Waals surface area (Å²) in [6.45, 7) is 8.09. The number of nitrogens with one attached hydrogen (secondary N) is 3. The molecule has 0 saturated heterocycles. The molecule has 0 rings (SSSR count). The highest BCUT2D eigenvalue weighted by atomic mass is 16.4. The van der Waals surface area contributed by atoms with Gasteiger partial charge in [-0.15, -0.1) is 0 Å². The van der Waals surface area contributed by atoms with Crippen LogP contribution in [0.5, 0.6) is 0 Å². The average molecular weight is 287 g/mol. The first kappa shape index (κ1) is 18.2. The largest absolute Gasteiger partial charge is 0.481 e. The molecule has 2 atom stereocenters. The van der Waals surface area contributed by atoms with Crippen LogP contribution in [0, 0.1) is 11.8 Å². The first-order valence-corrected chi connectivity index (χ1v) is 6.76. The minimum Gasteiger partial charge on any atom is -0.481 e. The van der Waals surface area contributed by atoms with E-state index in [2.05, 4.69) is 16.0 Å². The van der Waals surface area contributed by atoms with Crippen LogP contribution in [-0.4, -0.2) is 42.1 Å². The van der Waals surface area contributed by atoms with Gasteiger partial charge in [0.25, 0.3) is 0 Å². The zero-order valence-electron chi connectivity index (χ0n) is 12.5. The van der Waals surface area contributed by atoms with Gasteiger partial charge in [-0.05, 0) is 18.8 Å². The fourth-order valence-electron chi connectivity index (χ4n) is 1.41. The van der Waals surface area contributed by atoms with Crippen molar-refractivity contribution in [2.24, 2.45) is 11.8 Å². The SMILES string of the molecule is CC(C)CNC(=O)C(C)NC(=O)NCC(C)CC(=O)O. The Morgan fingerprint density at radius 3 is 2.10 bits per heavy atom. The lowest BCUT2D eigenvalue weighted by Crippen LogP contribution is -2.49. The lowest BCUT2D eigenvalue weighted by atomic mass is 10.1. The summed E-state index contributed by atoms with van der Waals surface area (Å²) in [5.41, 5.74) is 0. The van der Waals surface area contributed by atoms with Crippen molar-refractivity contribution in [3.05, 3.63) is 0 Å². The monoisotopic (exact) mass is 287 g/mol. The summed E-state index contributed by atoms with van der Waals surface area (Å²) in [5, 5.41) is 16.4. The topological polar surface area (TPSA) is 108 Å². The average Bonchev–Trinajstić information content (AvgIpc) is 2.32. The molecule has 3 amide bonds. The van der Waals surface area contributed by atoms with Gasteiger partial charge in [-0.3, -0.25) is 9.59 Å². The molecule has 116 valence electrons. The van der Waals surface area contributed by atoms with Crippen molar-refractivity contribution in [3.63, 3.8) is 0 Å². The molecule has 2 unspecified atom stereocenters. The fraction of sp³-hybridized carbons (Fsp3) is 0.769.